The van der Waals surface area contributed by atoms with Crippen molar-refractivity contribution in [3.8, 4) is 17.0 Å². The lowest BCUT2D eigenvalue weighted by Gasteiger charge is -2.10. The third-order valence-electron chi connectivity index (χ3n) is 3.69. The van der Waals surface area contributed by atoms with E-state index < -0.39 is 20.6 Å². The molecule has 140 valence electrons. The molecule has 0 radical (unpaired) electrons. The first-order valence-corrected chi connectivity index (χ1v) is 10.0. The molecule has 0 atom stereocenters. The molecule has 8 nitrogen and oxygen atoms in total. The van der Waals surface area contributed by atoms with E-state index in [9.17, 15) is 18.5 Å². The molecule has 0 bridgehead atoms. The number of aryl methyl sites for hydroxylation is 1. The third-order valence-corrected chi connectivity index (χ3v) is 5.84. The van der Waals surface area contributed by atoms with Gasteiger partial charge in [0.25, 0.3) is 10.0 Å². The number of thiazole rings is 1. The van der Waals surface area contributed by atoms with Gasteiger partial charge in [0, 0.05) is 22.7 Å². The number of rotatable bonds is 6. The third kappa shape index (κ3) is 4.07. The van der Waals surface area contributed by atoms with Crippen molar-refractivity contribution >= 4 is 32.7 Å². The zero-order chi connectivity index (χ0) is 19.6. The Balaban J connectivity index is 1.93. The van der Waals surface area contributed by atoms with Gasteiger partial charge in [0.15, 0.2) is 5.75 Å². The van der Waals surface area contributed by atoms with Gasteiger partial charge in [0.2, 0.25) is 0 Å². The first-order chi connectivity index (χ1) is 12.8. The summed E-state index contributed by atoms with van der Waals surface area (Å²) in [5, 5.41) is 13.9. The zero-order valence-electron chi connectivity index (χ0n) is 14.4. The summed E-state index contributed by atoms with van der Waals surface area (Å²) in [7, 11) is -2.74. The van der Waals surface area contributed by atoms with Gasteiger partial charge in [-0.1, -0.05) is 12.1 Å². The second-order valence-corrected chi connectivity index (χ2v) is 8.27. The topological polar surface area (TPSA) is 111 Å². The molecule has 0 amide bonds. The molecular formula is C17H15N3O5S2. The molecule has 10 heteroatoms. The summed E-state index contributed by atoms with van der Waals surface area (Å²) >= 11 is 1.50. The molecule has 0 aliphatic rings. The van der Waals surface area contributed by atoms with E-state index in [4.69, 9.17) is 4.74 Å². The number of nitrogens with one attached hydrogen (secondary N) is 1. The van der Waals surface area contributed by atoms with Gasteiger partial charge in [-0.05, 0) is 31.2 Å². The van der Waals surface area contributed by atoms with Gasteiger partial charge >= 0.3 is 5.69 Å². The number of benzene rings is 2. The summed E-state index contributed by atoms with van der Waals surface area (Å²) in [6.07, 6.45) is 0. The van der Waals surface area contributed by atoms with E-state index in [2.05, 4.69) is 9.71 Å². The Hall–Kier alpha value is -2.98. The fraction of sp³-hybridized carbons (Fsp3) is 0.118. The molecule has 0 fully saturated rings. The number of aromatic nitrogens is 1. The van der Waals surface area contributed by atoms with Crippen molar-refractivity contribution in [1.82, 2.24) is 4.98 Å². The Morgan fingerprint density at radius 1 is 1.22 bits per heavy atom. The predicted molar refractivity (Wildman–Crippen MR) is 103 cm³/mol. The van der Waals surface area contributed by atoms with Crippen molar-refractivity contribution < 1.29 is 18.1 Å². The van der Waals surface area contributed by atoms with Gasteiger partial charge in [-0.15, -0.1) is 11.3 Å². The number of anilines is 1. The van der Waals surface area contributed by atoms with Crippen molar-refractivity contribution in [2.24, 2.45) is 0 Å². The van der Waals surface area contributed by atoms with Crippen molar-refractivity contribution in [3.63, 3.8) is 0 Å². The van der Waals surface area contributed by atoms with Crippen LogP contribution in [0.3, 0.4) is 0 Å². The molecule has 0 unspecified atom stereocenters. The first-order valence-electron chi connectivity index (χ1n) is 7.68. The number of hydrogen-bond donors (Lipinski definition) is 1. The summed E-state index contributed by atoms with van der Waals surface area (Å²) in [5.74, 6) is -0.0140. The maximum Gasteiger partial charge on any atom is 0.312 e. The summed E-state index contributed by atoms with van der Waals surface area (Å²) in [6.45, 7) is 1.89. The average molecular weight is 405 g/mol. The molecule has 0 spiro atoms. The highest BCUT2D eigenvalue weighted by atomic mass is 32.2. The molecule has 1 N–H and O–H groups in total. The molecule has 0 saturated heterocycles. The van der Waals surface area contributed by atoms with Crippen LogP contribution in [0.2, 0.25) is 0 Å². The molecule has 27 heavy (non-hydrogen) atoms. The van der Waals surface area contributed by atoms with E-state index in [-0.39, 0.29) is 10.6 Å². The van der Waals surface area contributed by atoms with Crippen LogP contribution in [-0.2, 0) is 10.0 Å². The van der Waals surface area contributed by atoms with Gasteiger partial charge < -0.3 is 4.74 Å². The molecule has 0 aliphatic carbocycles. The number of nitro groups is 1. The predicted octanol–water partition coefficient (Wildman–Crippen LogP) is 3.84. The van der Waals surface area contributed by atoms with Gasteiger partial charge in [-0.3, -0.25) is 14.8 Å². The number of nitro benzene ring substituents is 1. The van der Waals surface area contributed by atoms with Gasteiger partial charge in [0.05, 0.1) is 27.6 Å². The quantitative estimate of drug-likeness (QED) is 0.493. The fourth-order valence-electron chi connectivity index (χ4n) is 2.43. The Kier molecular flexibility index (Phi) is 5.10. The van der Waals surface area contributed by atoms with E-state index in [0.29, 0.717) is 5.69 Å². The number of nitrogens with zero attached hydrogens (tertiary/aromatic N) is 2. The smallest absolute Gasteiger partial charge is 0.312 e. The molecule has 3 rings (SSSR count). The van der Waals surface area contributed by atoms with Gasteiger partial charge in [-0.25, -0.2) is 13.4 Å². The molecule has 1 aromatic heterocycles. The zero-order valence-corrected chi connectivity index (χ0v) is 16.0. The lowest BCUT2D eigenvalue weighted by molar-refractivity contribution is -0.386. The number of hydrogen-bond acceptors (Lipinski definition) is 7. The monoisotopic (exact) mass is 405 g/mol. The summed E-state index contributed by atoms with van der Waals surface area (Å²) in [4.78, 5) is 14.6. The highest BCUT2D eigenvalue weighted by molar-refractivity contribution is 7.92. The second kappa shape index (κ2) is 7.33. The van der Waals surface area contributed by atoms with Crippen LogP contribution >= 0.6 is 11.3 Å². The maximum atomic E-state index is 12.6. The molecule has 2 aromatic carbocycles. The molecule has 3 aromatic rings. The normalized spacial score (nSPS) is 11.2. The van der Waals surface area contributed by atoms with Crippen molar-refractivity contribution in [2.75, 3.05) is 11.8 Å². The number of methoxy groups -OCH3 is 1. The van der Waals surface area contributed by atoms with Crippen LogP contribution in [0, 0.1) is 17.0 Å². The van der Waals surface area contributed by atoms with Gasteiger partial charge in [0.1, 0.15) is 0 Å². The summed E-state index contributed by atoms with van der Waals surface area (Å²) < 4.78 is 32.6. The van der Waals surface area contributed by atoms with E-state index >= 15 is 0 Å². The van der Waals surface area contributed by atoms with Crippen LogP contribution < -0.4 is 9.46 Å². The van der Waals surface area contributed by atoms with Crippen LogP contribution in [0.25, 0.3) is 11.3 Å². The lowest BCUT2D eigenvalue weighted by Crippen LogP contribution is -2.13. The van der Waals surface area contributed by atoms with Crippen LogP contribution in [0.15, 0.2) is 52.7 Å². The molecule has 0 saturated carbocycles. The summed E-state index contributed by atoms with van der Waals surface area (Å²) in [5.41, 5.74) is 1.42. The van der Waals surface area contributed by atoms with Crippen molar-refractivity contribution in [3.05, 3.63) is 63.0 Å². The minimum atomic E-state index is -4.02. The Labute approximate surface area is 159 Å². The largest absolute Gasteiger partial charge is 0.490 e. The van der Waals surface area contributed by atoms with E-state index in [1.807, 2.05) is 18.4 Å². The van der Waals surface area contributed by atoms with Crippen LogP contribution in [-0.4, -0.2) is 25.4 Å². The van der Waals surface area contributed by atoms with Gasteiger partial charge in [-0.2, -0.15) is 0 Å². The first kappa shape index (κ1) is 18.8. The second-order valence-electron chi connectivity index (χ2n) is 5.53. The number of ether oxygens (including phenoxy) is 1. The van der Waals surface area contributed by atoms with Crippen LogP contribution in [0.1, 0.15) is 5.01 Å². The van der Waals surface area contributed by atoms with Crippen LogP contribution in [0.5, 0.6) is 5.75 Å². The van der Waals surface area contributed by atoms with E-state index in [1.54, 1.807) is 18.2 Å². The molecular weight excluding hydrogens is 390 g/mol. The number of sulfonamides is 1. The minimum Gasteiger partial charge on any atom is -0.490 e. The Morgan fingerprint density at radius 3 is 2.63 bits per heavy atom. The highest BCUT2D eigenvalue weighted by Crippen LogP contribution is 2.31. The van der Waals surface area contributed by atoms with Crippen molar-refractivity contribution in [2.45, 2.75) is 11.8 Å². The molecule has 1 heterocycles. The lowest BCUT2D eigenvalue weighted by atomic mass is 10.1. The van der Waals surface area contributed by atoms with E-state index in [1.165, 1.54) is 30.6 Å². The standard InChI is InChI=1S/C17H15N3O5S2/c1-11-18-15(10-26-11)12-4-3-5-13(8-12)19-27(23,24)14-6-7-17(25-2)16(9-14)20(21)22/h3-10,19H,1-2H3. The Morgan fingerprint density at radius 2 is 2.00 bits per heavy atom. The van der Waals surface area contributed by atoms with Crippen molar-refractivity contribution in [1.29, 1.82) is 0 Å². The fourth-order valence-corrected chi connectivity index (χ4v) is 4.12. The minimum absolute atomic E-state index is 0.0140. The van der Waals surface area contributed by atoms with E-state index in [0.717, 1.165) is 22.3 Å². The SMILES string of the molecule is COc1ccc(S(=O)(=O)Nc2cccc(-c3csc(C)n3)c2)cc1[N+](=O)[O-]. The Bertz CT molecular complexity index is 1110. The average Bonchev–Trinajstić information content (AvgIpc) is 3.07. The summed E-state index contributed by atoms with van der Waals surface area (Å²) in [6, 6.07) is 10.3. The maximum absolute atomic E-state index is 12.6. The molecule has 0 aliphatic heterocycles. The van der Waals surface area contributed by atoms with Crippen LogP contribution in [0.4, 0.5) is 11.4 Å². The highest BCUT2D eigenvalue weighted by Gasteiger charge is 2.22.